The van der Waals surface area contributed by atoms with Crippen LogP contribution in [0.1, 0.15) is 25.2 Å². The predicted octanol–water partition coefficient (Wildman–Crippen LogP) is 1.28. The van der Waals surface area contributed by atoms with E-state index in [1.54, 1.807) is 18.5 Å². The lowest BCUT2D eigenvalue weighted by Gasteiger charge is -2.13. The summed E-state index contributed by atoms with van der Waals surface area (Å²) in [5.74, 6) is 0. The molecule has 1 rings (SSSR count). The van der Waals surface area contributed by atoms with Crippen LogP contribution in [0.3, 0.4) is 0 Å². The highest BCUT2D eigenvalue weighted by Gasteiger charge is 2.21. The van der Waals surface area contributed by atoms with E-state index >= 15 is 0 Å². The Morgan fingerprint density at radius 1 is 1.53 bits per heavy atom. The van der Waals surface area contributed by atoms with Crippen molar-refractivity contribution < 1.29 is 4.92 Å². The Labute approximate surface area is 117 Å². The number of rotatable bonds is 5. The number of thiocarbonyl (C=S) groups is 1. The molecule has 8 heteroatoms. The summed E-state index contributed by atoms with van der Waals surface area (Å²) < 4.78 is 1.62. The average molecular weight is 285 g/mol. The van der Waals surface area contributed by atoms with Gasteiger partial charge in [0.2, 0.25) is 0 Å². The summed E-state index contributed by atoms with van der Waals surface area (Å²) in [5, 5.41) is 21.7. The summed E-state index contributed by atoms with van der Waals surface area (Å²) in [6.45, 7) is 8.43. The second-order valence-corrected chi connectivity index (χ2v) is 4.96. The minimum absolute atomic E-state index is 0.0860. The fraction of sp³-hybridized carbons (Fsp3) is 0.636. The Bertz CT molecular complexity index is 484. The maximum absolute atomic E-state index is 10.9. The Morgan fingerprint density at radius 2 is 2.16 bits per heavy atom. The molecule has 0 spiro atoms. The number of hydrogen-bond acceptors (Lipinski definition) is 4. The largest absolute Gasteiger partial charge is 0.361 e. The zero-order valence-corrected chi connectivity index (χ0v) is 12.4. The molecule has 2 N–H and O–H groups in total. The van der Waals surface area contributed by atoms with Gasteiger partial charge in [0.25, 0.3) is 0 Å². The Kier molecular flexibility index (Phi) is 5.22. The first-order chi connectivity index (χ1) is 8.82. The normalized spacial score (nSPS) is 10.6. The van der Waals surface area contributed by atoms with Gasteiger partial charge in [-0.1, -0.05) is 0 Å². The zero-order valence-electron chi connectivity index (χ0n) is 11.6. The van der Waals surface area contributed by atoms with Crippen molar-refractivity contribution in [2.75, 3.05) is 6.54 Å². The topological polar surface area (TPSA) is 85.0 Å². The highest BCUT2D eigenvalue weighted by molar-refractivity contribution is 7.80. The van der Waals surface area contributed by atoms with E-state index in [2.05, 4.69) is 15.7 Å². The Balaban J connectivity index is 2.57. The number of aromatic nitrogens is 2. The van der Waals surface area contributed by atoms with Crippen LogP contribution in [-0.4, -0.2) is 32.4 Å². The first-order valence-corrected chi connectivity index (χ1v) is 6.46. The van der Waals surface area contributed by atoms with E-state index in [9.17, 15) is 10.1 Å². The van der Waals surface area contributed by atoms with Gasteiger partial charge < -0.3 is 10.6 Å². The molecular formula is C11H19N5O2S. The molecule has 0 saturated carbocycles. The number of nitrogens with zero attached hydrogens (tertiary/aromatic N) is 3. The fourth-order valence-corrected chi connectivity index (χ4v) is 2.10. The molecule has 0 bridgehead atoms. The second-order valence-electron chi connectivity index (χ2n) is 4.55. The number of nitro groups is 1. The third-order valence-electron chi connectivity index (χ3n) is 2.55. The summed E-state index contributed by atoms with van der Waals surface area (Å²) in [6.07, 6.45) is 0. The standard InChI is InChI=1S/C11H19N5O2S/c1-7(2)13-11(19)12-5-6-15-9(4)10(16(17)18)8(3)14-15/h7H,5-6H2,1-4H3,(H2,12,13,19). The van der Waals surface area contributed by atoms with Gasteiger partial charge in [-0.3, -0.25) is 14.8 Å². The average Bonchev–Trinajstić information content (AvgIpc) is 2.52. The van der Waals surface area contributed by atoms with Gasteiger partial charge in [-0.05, 0) is 39.9 Å². The van der Waals surface area contributed by atoms with Gasteiger partial charge >= 0.3 is 5.69 Å². The molecular weight excluding hydrogens is 266 g/mol. The Hall–Kier alpha value is -1.70. The van der Waals surface area contributed by atoms with E-state index < -0.39 is 4.92 Å². The SMILES string of the molecule is Cc1nn(CCNC(=S)NC(C)C)c(C)c1[N+](=O)[O-]. The van der Waals surface area contributed by atoms with Gasteiger partial charge in [-0.25, -0.2) is 0 Å². The number of nitrogens with one attached hydrogen (secondary N) is 2. The summed E-state index contributed by atoms with van der Waals surface area (Å²) in [4.78, 5) is 10.5. The van der Waals surface area contributed by atoms with Crippen LogP contribution in [-0.2, 0) is 6.54 Å². The summed E-state index contributed by atoms with van der Waals surface area (Å²) >= 11 is 5.09. The molecule has 19 heavy (non-hydrogen) atoms. The first kappa shape index (κ1) is 15.4. The molecule has 0 unspecified atom stereocenters. The predicted molar refractivity (Wildman–Crippen MR) is 77.2 cm³/mol. The van der Waals surface area contributed by atoms with Crippen molar-refractivity contribution in [1.29, 1.82) is 0 Å². The van der Waals surface area contributed by atoms with Crippen LogP contribution in [0.15, 0.2) is 0 Å². The summed E-state index contributed by atoms with van der Waals surface area (Å²) in [6, 6.07) is 0.273. The molecule has 1 heterocycles. The maximum atomic E-state index is 10.9. The van der Waals surface area contributed by atoms with E-state index in [0.717, 1.165) is 0 Å². The van der Waals surface area contributed by atoms with Crippen molar-refractivity contribution in [2.45, 2.75) is 40.3 Å². The van der Waals surface area contributed by atoms with E-state index in [-0.39, 0.29) is 11.7 Å². The molecule has 0 aliphatic heterocycles. The van der Waals surface area contributed by atoms with Crippen molar-refractivity contribution in [1.82, 2.24) is 20.4 Å². The van der Waals surface area contributed by atoms with Crippen LogP contribution in [0.2, 0.25) is 0 Å². The van der Waals surface area contributed by atoms with E-state index in [1.807, 2.05) is 13.8 Å². The lowest BCUT2D eigenvalue weighted by molar-refractivity contribution is -0.386. The van der Waals surface area contributed by atoms with Gasteiger partial charge in [-0.2, -0.15) is 5.10 Å². The minimum Gasteiger partial charge on any atom is -0.361 e. The van der Waals surface area contributed by atoms with Gasteiger partial charge in [0.1, 0.15) is 11.4 Å². The van der Waals surface area contributed by atoms with E-state index in [0.29, 0.717) is 29.6 Å². The van der Waals surface area contributed by atoms with Crippen LogP contribution >= 0.6 is 12.2 Å². The van der Waals surface area contributed by atoms with Gasteiger partial charge in [0.15, 0.2) is 5.11 Å². The smallest absolute Gasteiger partial charge is 0.312 e. The van der Waals surface area contributed by atoms with Gasteiger partial charge in [0.05, 0.1) is 11.5 Å². The maximum Gasteiger partial charge on any atom is 0.312 e. The quantitative estimate of drug-likeness (QED) is 0.481. The minimum atomic E-state index is -0.396. The molecule has 106 valence electrons. The number of aryl methyl sites for hydroxylation is 1. The molecule has 0 amide bonds. The molecule has 0 aliphatic rings. The lowest BCUT2D eigenvalue weighted by atomic mass is 10.3. The molecule has 0 aromatic carbocycles. The molecule has 1 aromatic rings. The van der Waals surface area contributed by atoms with Crippen LogP contribution in [0.5, 0.6) is 0 Å². The molecule has 0 saturated heterocycles. The molecule has 0 aliphatic carbocycles. The highest BCUT2D eigenvalue weighted by atomic mass is 32.1. The van der Waals surface area contributed by atoms with E-state index in [4.69, 9.17) is 12.2 Å². The van der Waals surface area contributed by atoms with E-state index in [1.165, 1.54) is 0 Å². The van der Waals surface area contributed by atoms with Crippen molar-refractivity contribution in [2.24, 2.45) is 0 Å². The van der Waals surface area contributed by atoms with Crippen molar-refractivity contribution in [3.63, 3.8) is 0 Å². The molecule has 0 atom stereocenters. The van der Waals surface area contributed by atoms with Gasteiger partial charge in [-0.15, -0.1) is 0 Å². The van der Waals surface area contributed by atoms with Crippen LogP contribution in [0.4, 0.5) is 5.69 Å². The third kappa shape index (κ3) is 4.16. The molecule has 0 fully saturated rings. The molecule has 1 aromatic heterocycles. The van der Waals surface area contributed by atoms with Gasteiger partial charge in [0, 0.05) is 12.6 Å². The highest BCUT2D eigenvalue weighted by Crippen LogP contribution is 2.21. The van der Waals surface area contributed by atoms with Crippen LogP contribution in [0, 0.1) is 24.0 Å². The number of hydrogen-bond donors (Lipinski definition) is 2. The first-order valence-electron chi connectivity index (χ1n) is 6.05. The summed E-state index contributed by atoms with van der Waals surface area (Å²) in [7, 11) is 0. The summed E-state index contributed by atoms with van der Waals surface area (Å²) in [5.41, 5.74) is 1.08. The third-order valence-corrected chi connectivity index (χ3v) is 2.82. The second kappa shape index (κ2) is 6.46. The van der Waals surface area contributed by atoms with Crippen molar-refractivity contribution >= 4 is 23.0 Å². The Morgan fingerprint density at radius 3 is 2.63 bits per heavy atom. The zero-order chi connectivity index (χ0) is 14.6. The lowest BCUT2D eigenvalue weighted by Crippen LogP contribution is -2.40. The molecule has 7 nitrogen and oxygen atoms in total. The van der Waals surface area contributed by atoms with Crippen LogP contribution in [0.25, 0.3) is 0 Å². The monoisotopic (exact) mass is 285 g/mol. The van der Waals surface area contributed by atoms with Crippen molar-refractivity contribution in [3.05, 3.63) is 21.5 Å². The van der Waals surface area contributed by atoms with Crippen LogP contribution < -0.4 is 10.6 Å². The van der Waals surface area contributed by atoms with Crippen molar-refractivity contribution in [3.8, 4) is 0 Å². The fourth-order valence-electron chi connectivity index (χ4n) is 1.76. The molecule has 0 radical (unpaired) electrons.